The molecule has 5 N–H and O–H groups in total. The van der Waals surface area contributed by atoms with E-state index in [1.807, 2.05) is 44.2 Å². The Morgan fingerprint density at radius 2 is 1.79 bits per heavy atom. The van der Waals surface area contributed by atoms with Crippen LogP contribution in [0.25, 0.3) is 0 Å². The van der Waals surface area contributed by atoms with Crippen LogP contribution in [0, 0.1) is 11.8 Å². The Hall–Kier alpha value is -4.38. The summed E-state index contributed by atoms with van der Waals surface area (Å²) >= 11 is 1.24. The number of nitrogens with zero attached hydrogens (tertiary/aromatic N) is 4. The minimum Gasteiger partial charge on any atom is -0.411 e. The Labute approximate surface area is 309 Å². The maximum absolute atomic E-state index is 14.0. The van der Waals surface area contributed by atoms with Crippen LogP contribution >= 0.6 is 11.3 Å². The van der Waals surface area contributed by atoms with Gasteiger partial charge in [0.05, 0.1) is 35.5 Å². The second-order valence-electron chi connectivity index (χ2n) is 13.3. The van der Waals surface area contributed by atoms with Gasteiger partial charge < -0.3 is 31.2 Å². The number of amides is 4. The molecule has 16 heteroatoms. The van der Waals surface area contributed by atoms with Gasteiger partial charge in [-0.15, -0.1) is 11.3 Å². The van der Waals surface area contributed by atoms with Gasteiger partial charge in [0.1, 0.15) is 6.04 Å². The largest absolute Gasteiger partial charge is 0.411 e. The topological polar surface area (TPSA) is 194 Å². The van der Waals surface area contributed by atoms with Crippen LogP contribution in [0.1, 0.15) is 63.3 Å². The van der Waals surface area contributed by atoms with E-state index in [-0.39, 0.29) is 48.7 Å². The van der Waals surface area contributed by atoms with Crippen LogP contribution in [0.4, 0.5) is 9.93 Å². The molecular formula is C36H49N7O7S2. The first-order chi connectivity index (χ1) is 24.8. The average molecular weight is 756 g/mol. The summed E-state index contributed by atoms with van der Waals surface area (Å²) in [5.74, 6) is -0.898. The summed E-state index contributed by atoms with van der Waals surface area (Å²) in [5, 5.41) is 34.2. The number of rotatable bonds is 18. The highest BCUT2D eigenvalue weighted by atomic mass is 32.2. The summed E-state index contributed by atoms with van der Waals surface area (Å²) in [5.41, 5.74) is 1.91. The van der Waals surface area contributed by atoms with Crippen molar-refractivity contribution in [2.75, 3.05) is 25.5 Å². The lowest BCUT2D eigenvalue weighted by Gasteiger charge is -2.35. The lowest BCUT2D eigenvalue weighted by Crippen LogP contribution is -2.58. The zero-order valence-electron chi connectivity index (χ0n) is 29.9. The van der Waals surface area contributed by atoms with Crippen LogP contribution in [-0.4, -0.2) is 95.3 Å². The van der Waals surface area contributed by atoms with Crippen molar-refractivity contribution in [1.29, 1.82) is 0 Å². The fourth-order valence-electron chi connectivity index (χ4n) is 5.78. The fraction of sp³-hybridized carbons (Fsp3) is 0.472. The minimum absolute atomic E-state index is 0.0328. The first-order valence-corrected chi connectivity index (χ1v) is 19.7. The van der Waals surface area contributed by atoms with Crippen molar-refractivity contribution in [3.05, 3.63) is 76.8 Å². The van der Waals surface area contributed by atoms with Crippen molar-refractivity contribution in [3.63, 3.8) is 0 Å². The molecule has 0 unspecified atom stereocenters. The van der Waals surface area contributed by atoms with Crippen molar-refractivity contribution in [2.45, 2.75) is 82.5 Å². The highest BCUT2D eigenvalue weighted by molar-refractivity contribution is 7.89. The highest BCUT2D eigenvalue weighted by Gasteiger charge is 2.35. The number of anilines is 1. The first kappa shape index (κ1) is 40.4. The molecule has 0 spiro atoms. The molecule has 1 aliphatic carbocycles. The molecule has 282 valence electrons. The first-order valence-electron chi connectivity index (χ1n) is 17.3. The number of carbonyl (C=O) groups is 3. The third-order valence-electron chi connectivity index (χ3n) is 9.25. The van der Waals surface area contributed by atoms with E-state index < -0.39 is 40.1 Å². The van der Waals surface area contributed by atoms with Gasteiger partial charge in [0.25, 0.3) is 0 Å². The number of oxime groups is 1. The molecule has 4 atom stereocenters. The van der Waals surface area contributed by atoms with Gasteiger partial charge in [-0.3, -0.25) is 9.59 Å². The van der Waals surface area contributed by atoms with Crippen LogP contribution < -0.4 is 16.0 Å². The van der Waals surface area contributed by atoms with Gasteiger partial charge in [-0.2, -0.15) is 4.31 Å². The second kappa shape index (κ2) is 18.9. The van der Waals surface area contributed by atoms with E-state index in [0.717, 1.165) is 24.8 Å². The standard InChI is InChI=1S/C36H49N7O7S2/c1-5-24(2)33(41-36(47)42(4)21-29-23-51-35(39-29)38-25(3)44)34(46)40-31(18-26-10-7-6-8-11-26)32(45)22-43(20-28-12-9-13-28)52(49,50)30-16-14-27(15-17-30)19-37-48/h6-8,10-11,14-17,19,23-24,28,31-33,45,48H,5,9,12-13,18,20-22H2,1-4H3,(H,40,46)(H,41,47)(H,38,39,44)/t24-,31-,32+,33-/m0/s1. The summed E-state index contributed by atoms with van der Waals surface area (Å²) in [6, 6.07) is 12.8. The number of nitrogens with one attached hydrogen (secondary N) is 3. The van der Waals surface area contributed by atoms with Crippen molar-refractivity contribution in [2.24, 2.45) is 17.0 Å². The Bertz CT molecular complexity index is 1770. The normalized spacial score (nSPS) is 15.7. The lowest BCUT2D eigenvalue weighted by atomic mass is 9.85. The van der Waals surface area contributed by atoms with Gasteiger partial charge in [0, 0.05) is 32.4 Å². The Kier molecular flexibility index (Phi) is 14.7. The van der Waals surface area contributed by atoms with Gasteiger partial charge in [-0.25, -0.2) is 18.2 Å². The Morgan fingerprint density at radius 3 is 2.38 bits per heavy atom. The minimum atomic E-state index is -4.06. The molecule has 4 rings (SSSR count). The number of hydrogen-bond acceptors (Lipinski definition) is 10. The molecule has 1 saturated carbocycles. The molecule has 14 nitrogen and oxygen atoms in total. The molecule has 4 amide bonds. The Balaban J connectivity index is 1.54. The molecule has 0 saturated heterocycles. The van der Waals surface area contributed by atoms with Gasteiger partial charge in [0.15, 0.2) is 5.13 Å². The monoisotopic (exact) mass is 755 g/mol. The van der Waals surface area contributed by atoms with E-state index in [2.05, 4.69) is 26.1 Å². The van der Waals surface area contributed by atoms with Gasteiger partial charge >= 0.3 is 6.03 Å². The van der Waals surface area contributed by atoms with Crippen LogP contribution in [0.15, 0.2) is 70.0 Å². The quantitative estimate of drug-likeness (QED) is 0.0729. The van der Waals surface area contributed by atoms with Crippen LogP contribution in [-0.2, 0) is 32.6 Å². The summed E-state index contributed by atoms with van der Waals surface area (Å²) < 4.78 is 29.3. The molecule has 1 aliphatic rings. The summed E-state index contributed by atoms with van der Waals surface area (Å²) in [4.78, 5) is 44.5. The van der Waals surface area contributed by atoms with Crippen molar-refractivity contribution >= 4 is 50.6 Å². The number of sulfonamides is 1. The van der Waals surface area contributed by atoms with Gasteiger partial charge in [0.2, 0.25) is 21.8 Å². The van der Waals surface area contributed by atoms with E-state index >= 15 is 0 Å². The third-order valence-corrected chi connectivity index (χ3v) is 11.9. The van der Waals surface area contributed by atoms with Crippen LogP contribution in [0.5, 0.6) is 0 Å². The average Bonchev–Trinajstić information content (AvgIpc) is 3.53. The molecule has 1 fully saturated rings. The maximum Gasteiger partial charge on any atom is 0.318 e. The number of hydrogen-bond donors (Lipinski definition) is 5. The SMILES string of the molecule is CC[C@H](C)[C@H](NC(=O)N(C)Cc1csc(NC(C)=O)n1)C(=O)N[C@@H](Cc1ccccc1)[C@H](O)CN(CC1CCC1)S(=O)(=O)c1ccc(C=NO)cc1. The molecule has 0 bridgehead atoms. The fourth-order valence-corrected chi connectivity index (χ4v) is 8.06. The number of benzene rings is 2. The van der Waals surface area contributed by atoms with Gasteiger partial charge in [-0.1, -0.05) is 74.3 Å². The number of carbonyl (C=O) groups excluding carboxylic acids is 3. The van der Waals surface area contributed by atoms with Crippen molar-refractivity contribution in [1.82, 2.24) is 24.8 Å². The molecule has 2 aromatic carbocycles. The molecule has 1 aromatic heterocycles. The van der Waals surface area contributed by atoms with Crippen LogP contribution in [0.2, 0.25) is 0 Å². The molecule has 3 aromatic rings. The Morgan fingerprint density at radius 1 is 1.10 bits per heavy atom. The van der Waals surface area contributed by atoms with E-state index in [0.29, 0.717) is 22.8 Å². The van der Waals surface area contributed by atoms with Gasteiger partial charge in [-0.05, 0) is 54.4 Å². The highest BCUT2D eigenvalue weighted by Crippen LogP contribution is 2.30. The predicted octanol–water partition coefficient (Wildman–Crippen LogP) is 4.05. The van der Waals surface area contributed by atoms with Crippen LogP contribution in [0.3, 0.4) is 0 Å². The molecule has 0 aliphatic heterocycles. The smallest absolute Gasteiger partial charge is 0.318 e. The third kappa shape index (κ3) is 11.3. The molecular weight excluding hydrogens is 707 g/mol. The number of aromatic nitrogens is 1. The predicted molar refractivity (Wildman–Crippen MR) is 200 cm³/mol. The second-order valence-corrected chi connectivity index (χ2v) is 16.1. The number of urea groups is 1. The van der Waals surface area contributed by atoms with E-state index in [4.69, 9.17) is 5.21 Å². The van der Waals surface area contributed by atoms with E-state index in [1.54, 1.807) is 12.4 Å². The molecule has 52 heavy (non-hydrogen) atoms. The number of thiazole rings is 1. The summed E-state index contributed by atoms with van der Waals surface area (Å²) in [6.07, 6.45) is 3.42. The summed E-state index contributed by atoms with van der Waals surface area (Å²) in [7, 11) is -2.48. The molecule has 0 radical (unpaired) electrons. The summed E-state index contributed by atoms with van der Waals surface area (Å²) in [6.45, 7) is 5.21. The number of aliphatic hydroxyl groups is 1. The zero-order valence-corrected chi connectivity index (χ0v) is 31.6. The molecule has 1 heterocycles. The zero-order chi connectivity index (χ0) is 37.8. The van der Waals surface area contributed by atoms with E-state index in [1.165, 1.54) is 57.9 Å². The number of aliphatic hydroxyl groups excluding tert-OH is 1. The van der Waals surface area contributed by atoms with E-state index in [9.17, 15) is 27.9 Å². The maximum atomic E-state index is 14.0. The lowest BCUT2D eigenvalue weighted by molar-refractivity contribution is -0.125. The van der Waals surface area contributed by atoms with Crippen molar-refractivity contribution < 1.29 is 33.1 Å². The van der Waals surface area contributed by atoms with Crippen molar-refractivity contribution in [3.8, 4) is 0 Å².